The molecule has 0 radical (unpaired) electrons. The number of nitrogens with one attached hydrogen (secondary N) is 1. The van der Waals surface area contributed by atoms with Crippen molar-refractivity contribution in [2.45, 2.75) is 32.6 Å². The Hall–Kier alpha value is -3.68. The molecular weight excluding hydrogens is 382 g/mol. The van der Waals surface area contributed by atoms with Crippen molar-refractivity contribution in [1.82, 2.24) is 14.8 Å². The van der Waals surface area contributed by atoms with Crippen molar-refractivity contribution in [3.05, 3.63) is 66.0 Å². The lowest BCUT2D eigenvalue weighted by molar-refractivity contribution is -0.118. The van der Waals surface area contributed by atoms with E-state index >= 15 is 0 Å². The molecule has 3 aromatic rings. The van der Waals surface area contributed by atoms with Crippen LogP contribution in [0.2, 0.25) is 0 Å². The summed E-state index contributed by atoms with van der Waals surface area (Å²) in [5.74, 6) is 0.918. The third-order valence-electron chi connectivity index (χ3n) is 4.28. The molecule has 1 aromatic carbocycles. The van der Waals surface area contributed by atoms with Crippen molar-refractivity contribution >= 4 is 17.6 Å². The van der Waals surface area contributed by atoms with E-state index in [1.54, 1.807) is 35.1 Å². The van der Waals surface area contributed by atoms with E-state index in [0.29, 0.717) is 17.4 Å². The summed E-state index contributed by atoms with van der Waals surface area (Å²) in [5, 5.41) is 7.46. The van der Waals surface area contributed by atoms with E-state index in [2.05, 4.69) is 36.2 Å². The number of hydrogen-bond acceptors (Lipinski definition) is 5. The number of pyridine rings is 1. The molecule has 0 aliphatic heterocycles. The first kappa shape index (κ1) is 21.0. The fraction of sp³-hybridized carbons (Fsp3) is 0.273. The summed E-state index contributed by atoms with van der Waals surface area (Å²) in [6.07, 6.45) is 1.83. The Kier molecular flexibility index (Phi) is 6.15. The van der Waals surface area contributed by atoms with Gasteiger partial charge in [0, 0.05) is 17.7 Å². The van der Waals surface area contributed by atoms with Crippen molar-refractivity contribution in [2.24, 2.45) is 5.73 Å². The number of ether oxygens (including phenoxy) is 1. The highest BCUT2D eigenvalue weighted by atomic mass is 16.5. The summed E-state index contributed by atoms with van der Waals surface area (Å²) in [7, 11) is 0. The average molecular weight is 407 g/mol. The molecule has 8 heteroatoms. The highest BCUT2D eigenvalue weighted by molar-refractivity contribution is 5.91. The number of aromatic nitrogens is 3. The van der Waals surface area contributed by atoms with Gasteiger partial charge in [-0.3, -0.25) is 9.59 Å². The maximum absolute atomic E-state index is 12.5. The summed E-state index contributed by atoms with van der Waals surface area (Å²) in [6.45, 7) is 5.98. The molecule has 0 fully saturated rings. The molecule has 3 rings (SSSR count). The SMILES string of the molecule is CC(C)(C)c1cc(NC(=O)COc2ccc(CC(N)=O)cc2)n(-c2ccccn2)n1. The largest absolute Gasteiger partial charge is 0.484 e. The molecule has 0 atom stereocenters. The van der Waals surface area contributed by atoms with Gasteiger partial charge in [0.15, 0.2) is 12.4 Å². The molecule has 0 aliphatic carbocycles. The number of anilines is 1. The van der Waals surface area contributed by atoms with Crippen LogP contribution in [0.25, 0.3) is 5.82 Å². The van der Waals surface area contributed by atoms with Gasteiger partial charge in [0.25, 0.3) is 5.91 Å². The van der Waals surface area contributed by atoms with Crippen LogP contribution in [0.1, 0.15) is 32.0 Å². The highest BCUT2D eigenvalue weighted by Crippen LogP contribution is 2.25. The molecule has 2 amide bonds. The molecule has 156 valence electrons. The Labute approximate surface area is 175 Å². The number of nitrogens with zero attached hydrogens (tertiary/aromatic N) is 3. The van der Waals surface area contributed by atoms with Crippen molar-refractivity contribution in [3.63, 3.8) is 0 Å². The van der Waals surface area contributed by atoms with Gasteiger partial charge in [0.1, 0.15) is 11.6 Å². The minimum absolute atomic E-state index is 0.161. The second kappa shape index (κ2) is 8.77. The second-order valence-corrected chi connectivity index (χ2v) is 7.89. The number of carbonyl (C=O) groups is 2. The zero-order chi connectivity index (χ0) is 21.7. The molecule has 0 saturated carbocycles. The third-order valence-corrected chi connectivity index (χ3v) is 4.28. The predicted octanol–water partition coefficient (Wildman–Crippen LogP) is 2.61. The molecule has 8 nitrogen and oxygen atoms in total. The van der Waals surface area contributed by atoms with Crippen LogP contribution < -0.4 is 15.8 Å². The molecule has 0 saturated heterocycles. The van der Waals surface area contributed by atoms with Crippen molar-refractivity contribution in [1.29, 1.82) is 0 Å². The van der Waals surface area contributed by atoms with Gasteiger partial charge in [0.2, 0.25) is 5.91 Å². The lowest BCUT2D eigenvalue weighted by Crippen LogP contribution is -2.22. The minimum atomic E-state index is -0.401. The summed E-state index contributed by atoms with van der Waals surface area (Å²) < 4.78 is 7.15. The lowest BCUT2D eigenvalue weighted by Gasteiger charge is -2.13. The van der Waals surface area contributed by atoms with Gasteiger partial charge in [-0.15, -0.1) is 0 Å². The smallest absolute Gasteiger partial charge is 0.263 e. The normalized spacial score (nSPS) is 11.2. The van der Waals surface area contributed by atoms with Gasteiger partial charge in [0.05, 0.1) is 12.1 Å². The minimum Gasteiger partial charge on any atom is -0.484 e. The molecular formula is C22H25N5O3. The zero-order valence-corrected chi connectivity index (χ0v) is 17.3. The number of primary amides is 1. The summed E-state index contributed by atoms with van der Waals surface area (Å²) in [6, 6.07) is 14.2. The van der Waals surface area contributed by atoms with E-state index in [1.807, 2.05) is 24.3 Å². The van der Waals surface area contributed by atoms with Crippen LogP contribution in [0, 0.1) is 0 Å². The topological polar surface area (TPSA) is 112 Å². The first-order chi connectivity index (χ1) is 14.2. The van der Waals surface area contributed by atoms with Crippen LogP contribution in [0.15, 0.2) is 54.7 Å². The molecule has 0 unspecified atom stereocenters. The number of benzene rings is 1. The molecule has 2 heterocycles. The lowest BCUT2D eigenvalue weighted by atomic mass is 9.92. The Morgan fingerprint density at radius 1 is 1.13 bits per heavy atom. The fourth-order valence-corrected chi connectivity index (χ4v) is 2.72. The van der Waals surface area contributed by atoms with Crippen LogP contribution >= 0.6 is 0 Å². The molecule has 0 bridgehead atoms. The van der Waals surface area contributed by atoms with Crippen molar-refractivity contribution < 1.29 is 14.3 Å². The molecule has 0 spiro atoms. The molecule has 3 N–H and O–H groups in total. The Balaban J connectivity index is 1.70. The van der Waals surface area contributed by atoms with Crippen LogP contribution in [0.5, 0.6) is 5.75 Å². The zero-order valence-electron chi connectivity index (χ0n) is 17.3. The van der Waals surface area contributed by atoms with Crippen LogP contribution in [0.4, 0.5) is 5.82 Å². The number of amides is 2. The maximum Gasteiger partial charge on any atom is 0.263 e. The Morgan fingerprint density at radius 3 is 2.47 bits per heavy atom. The molecule has 2 aromatic heterocycles. The molecule has 0 aliphatic rings. The Bertz CT molecular complexity index is 1020. The van der Waals surface area contributed by atoms with Gasteiger partial charge >= 0.3 is 0 Å². The van der Waals surface area contributed by atoms with E-state index in [9.17, 15) is 9.59 Å². The quantitative estimate of drug-likeness (QED) is 0.625. The van der Waals surface area contributed by atoms with Crippen LogP contribution in [-0.4, -0.2) is 33.2 Å². The van der Waals surface area contributed by atoms with E-state index < -0.39 is 5.91 Å². The first-order valence-corrected chi connectivity index (χ1v) is 9.54. The van der Waals surface area contributed by atoms with Gasteiger partial charge < -0.3 is 15.8 Å². The van der Waals surface area contributed by atoms with Crippen LogP contribution in [-0.2, 0) is 21.4 Å². The number of nitrogens with two attached hydrogens (primary N) is 1. The number of hydrogen-bond donors (Lipinski definition) is 2. The summed E-state index contributed by atoms with van der Waals surface area (Å²) in [5.41, 5.74) is 6.60. The first-order valence-electron chi connectivity index (χ1n) is 9.54. The van der Waals surface area contributed by atoms with Gasteiger partial charge in [-0.2, -0.15) is 9.78 Å². The van der Waals surface area contributed by atoms with Crippen molar-refractivity contribution in [3.8, 4) is 11.6 Å². The fourth-order valence-electron chi connectivity index (χ4n) is 2.72. The third kappa shape index (κ3) is 5.44. The van der Waals surface area contributed by atoms with E-state index in [0.717, 1.165) is 11.3 Å². The Morgan fingerprint density at radius 2 is 1.87 bits per heavy atom. The molecule has 30 heavy (non-hydrogen) atoms. The van der Waals surface area contributed by atoms with Crippen molar-refractivity contribution in [2.75, 3.05) is 11.9 Å². The van der Waals surface area contributed by atoms with Gasteiger partial charge in [-0.25, -0.2) is 4.98 Å². The van der Waals surface area contributed by atoms with E-state index in [4.69, 9.17) is 10.5 Å². The van der Waals surface area contributed by atoms with Gasteiger partial charge in [-0.05, 0) is 29.8 Å². The maximum atomic E-state index is 12.5. The second-order valence-electron chi connectivity index (χ2n) is 7.89. The van der Waals surface area contributed by atoms with E-state index in [1.165, 1.54) is 0 Å². The monoisotopic (exact) mass is 407 g/mol. The summed E-state index contributed by atoms with van der Waals surface area (Å²) >= 11 is 0. The van der Waals surface area contributed by atoms with Crippen LogP contribution in [0.3, 0.4) is 0 Å². The average Bonchev–Trinajstić information content (AvgIpc) is 3.12. The van der Waals surface area contributed by atoms with Gasteiger partial charge in [-0.1, -0.05) is 39.0 Å². The standard InChI is InChI=1S/C22H25N5O3/c1-22(2,3)17-13-20(27(26-17)19-6-4-5-11-24-19)25-21(29)14-30-16-9-7-15(8-10-16)12-18(23)28/h4-11,13H,12,14H2,1-3H3,(H2,23,28)(H,25,29). The van der Waals surface area contributed by atoms with E-state index in [-0.39, 0.29) is 24.3 Å². The predicted molar refractivity (Wildman–Crippen MR) is 114 cm³/mol. The summed E-state index contributed by atoms with van der Waals surface area (Å²) in [4.78, 5) is 27.8. The number of rotatable bonds is 7. The number of carbonyl (C=O) groups excluding carboxylic acids is 2. The highest BCUT2D eigenvalue weighted by Gasteiger charge is 2.22.